The lowest BCUT2D eigenvalue weighted by atomic mass is 10.1. The average molecular weight is 386 g/mol. The lowest BCUT2D eigenvalue weighted by Gasteiger charge is -2.06. The third kappa shape index (κ3) is 6.99. The number of phenols is 1. The van der Waals surface area contributed by atoms with E-state index in [2.05, 4.69) is 10.2 Å². The summed E-state index contributed by atoms with van der Waals surface area (Å²) in [6, 6.07) is 12.5. The normalized spacial score (nSPS) is 10.6. The first kappa shape index (κ1) is 20.8. The Bertz CT molecular complexity index is 833. The molecule has 0 aliphatic heterocycles. The van der Waals surface area contributed by atoms with Crippen molar-refractivity contribution in [2.24, 2.45) is 0 Å². The third-order valence-corrected chi connectivity index (χ3v) is 3.93. The monoisotopic (exact) mass is 386 g/mol. The zero-order valence-corrected chi connectivity index (χ0v) is 15.5. The van der Waals surface area contributed by atoms with Crippen molar-refractivity contribution in [2.45, 2.75) is 19.4 Å². The standard InChI is InChI=1S/C20H22N2O6/c1-27-19-13-16(8-10-18(19)23)9-11-20(24)21-14-17-6-4-15(5-7-17)3-2-12-28-22(25)26/h4-11,13,23H,2-3,12,14H2,1H3,(H,21,24)/b11-9+. The molecule has 0 spiro atoms. The molecule has 0 unspecified atom stereocenters. The highest BCUT2D eigenvalue weighted by Gasteiger charge is 2.02. The predicted molar refractivity (Wildman–Crippen MR) is 103 cm³/mol. The highest BCUT2D eigenvalue weighted by molar-refractivity contribution is 5.91. The molecule has 0 aliphatic carbocycles. The molecular weight excluding hydrogens is 364 g/mol. The van der Waals surface area contributed by atoms with Gasteiger partial charge in [0, 0.05) is 12.6 Å². The van der Waals surface area contributed by atoms with Gasteiger partial charge in [-0.25, -0.2) is 0 Å². The molecule has 2 N–H and O–H groups in total. The molecule has 8 nitrogen and oxygen atoms in total. The Morgan fingerprint density at radius 3 is 2.61 bits per heavy atom. The molecule has 0 radical (unpaired) electrons. The molecule has 0 bridgehead atoms. The number of rotatable bonds is 10. The summed E-state index contributed by atoms with van der Waals surface area (Å²) in [7, 11) is 1.46. The van der Waals surface area contributed by atoms with Crippen LogP contribution in [0.25, 0.3) is 6.08 Å². The number of nitrogens with zero attached hydrogens (tertiary/aromatic N) is 1. The van der Waals surface area contributed by atoms with Crippen molar-refractivity contribution in [3.05, 3.63) is 75.3 Å². The van der Waals surface area contributed by atoms with E-state index in [-0.39, 0.29) is 18.3 Å². The van der Waals surface area contributed by atoms with Crippen LogP contribution in [0.4, 0.5) is 0 Å². The van der Waals surface area contributed by atoms with Gasteiger partial charge in [0.15, 0.2) is 11.5 Å². The number of nitrogens with one attached hydrogen (secondary N) is 1. The molecular formula is C20H22N2O6. The van der Waals surface area contributed by atoms with Crippen LogP contribution in [0.5, 0.6) is 11.5 Å². The fourth-order valence-electron chi connectivity index (χ4n) is 2.46. The van der Waals surface area contributed by atoms with E-state index in [1.54, 1.807) is 18.2 Å². The number of methoxy groups -OCH3 is 1. The minimum Gasteiger partial charge on any atom is -0.504 e. The van der Waals surface area contributed by atoms with Crippen molar-refractivity contribution in [3.63, 3.8) is 0 Å². The van der Waals surface area contributed by atoms with E-state index in [4.69, 9.17) is 4.74 Å². The van der Waals surface area contributed by atoms with Gasteiger partial charge in [-0.1, -0.05) is 30.3 Å². The molecule has 0 fully saturated rings. The van der Waals surface area contributed by atoms with E-state index < -0.39 is 5.09 Å². The van der Waals surface area contributed by atoms with Gasteiger partial charge in [-0.2, -0.15) is 0 Å². The number of carbonyl (C=O) groups excluding carboxylic acids is 1. The summed E-state index contributed by atoms with van der Waals surface area (Å²) in [5.74, 6) is 0.137. The maximum atomic E-state index is 12.0. The largest absolute Gasteiger partial charge is 0.504 e. The van der Waals surface area contributed by atoms with Crippen molar-refractivity contribution in [2.75, 3.05) is 13.7 Å². The molecule has 1 amide bonds. The Morgan fingerprint density at radius 2 is 1.93 bits per heavy atom. The van der Waals surface area contributed by atoms with Gasteiger partial charge in [0.1, 0.15) is 0 Å². The molecule has 2 rings (SSSR count). The maximum absolute atomic E-state index is 12.0. The van der Waals surface area contributed by atoms with Crippen LogP contribution in [0.2, 0.25) is 0 Å². The summed E-state index contributed by atoms with van der Waals surface area (Å²) < 4.78 is 5.03. The summed E-state index contributed by atoms with van der Waals surface area (Å²) in [4.78, 5) is 26.3. The van der Waals surface area contributed by atoms with Crippen molar-refractivity contribution >= 4 is 12.0 Å². The quantitative estimate of drug-likeness (QED) is 0.281. The van der Waals surface area contributed by atoms with Crippen LogP contribution in [0.3, 0.4) is 0 Å². The number of aryl methyl sites for hydroxylation is 1. The number of benzene rings is 2. The molecule has 0 aromatic heterocycles. The van der Waals surface area contributed by atoms with Crippen LogP contribution in [0, 0.1) is 10.1 Å². The molecule has 148 valence electrons. The van der Waals surface area contributed by atoms with Crippen LogP contribution < -0.4 is 10.1 Å². The van der Waals surface area contributed by atoms with Gasteiger partial charge in [-0.05, 0) is 47.7 Å². The number of hydrogen-bond donors (Lipinski definition) is 2. The minimum absolute atomic E-state index is 0.0397. The highest BCUT2D eigenvalue weighted by Crippen LogP contribution is 2.26. The number of amides is 1. The Labute approximate surface area is 162 Å². The van der Waals surface area contributed by atoms with Gasteiger partial charge >= 0.3 is 0 Å². The number of hydrogen-bond acceptors (Lipinski definition) is 6. The molecule has 0 saturated carbocycles. The average Bonchev–Trinajstić information content (AvgIpc) is 2.69. The van der Waals surface area contributed by atoms with Gasteiger partial charge < -0.3 is 20.0 Å². The lowest BCUT2D eigenvalue weighted by Crippen LogP contribution is -2.20. The molecule has 0 heterocycles. The number of ether oxygens (including phenoxy) is 1. The maximum Gasteiger partial charge on any atom is 0.294 e. The van der Waals surface area contributed by atoms with Crippen LogP contribution in [-0.2, 0) is 22.6 Å². The first-order valence-corrected chi connectivity index (χ1v) is 8.66. The minimum atomic E-state index is -0.793. The van der Waals surface area contributed by atoms with Crippen LogP contribution in [0.15, 0.2) is 48.5 Å². The smallest absolute Gasteiger partial charge is 0.294 e. The number of carbonyl (C=O) groups is 1. The fraction of sp³-hybridized carbons (Fsp3) is 0.250. The van der Waals surface area contributed by atoms with Gasteiger partial charge in [-0.3, -0.25) is 4.79 Å². The Kier molecular flexibility index (Phi) is 7.83. The summed E-state index contributed by atoms with van der Waals surface area (Å²) in [6.45, 7) is 0.455. The molecule has 0 aliphatic rings. The second-order valence-electron chi connectivity index (χ2n) is 5.96. The number of aromatic hydroxyl groups is 1. The van der Waals surface area contributed by atoms with Crippen molar-refractivity contribution in [1.82, 2.24) is 5.32 Å². The van der Waals surface area contributed by atoms with Gasteiger partial charge in [0.25, 0.3) is 5.09 Å². The van der Waals surface area contributed by atoms with Gasteiger partial charge in [0.2, 0.25) is 5.91 Å². The summed E-state index contributed by atoms with van der Waals surface area (Å²) in [6.07, 6.45) is 4.28. The molecule has 28 heavy (non-hydrogen) atoms. The van der Waals surface area contributed by atoms with Crippen LogP contribution >= 0.6 is 0 Å². The highest BCUT2D eigenvalue weighted by atomic mass is 16.9. The van der Waals surface area contributed by atoms with Crippen molar-refractivity contribution < 1.29 is 24.6 Å². The summed E-state index contributed by atoms with van der Waals surface area (Å²) in [5.41, 5.74) is 2.72. The Morgan fingerprint density at radius 1 is 1.21 bits per heavy atom. The molecule has 2 aromatic rings. The van der Waals surface area contributed by atoms with Gasteiger partial charge in [0.05, 0.1) is 13.7 Å². The van der Waals surface area contributed by atoms with E-state index in [0.29, 0.717) is 25.1 Å². The molecule has 0 atom stereocenters. The van der Waals surface area contributed by atoms with Crippen LogP contribution in [0.1, 0.15) is 23.1 Å². The Balaban J connectivity index is 1.78. The fourth-order valence-corrected chi connectivity index (χ4v) is 2.46. The molecule has 2 aromatic carbocycles. The first-order chi connectivity index (χ1) is 13.5. The van der Waals surface area contributed by atoms with Crippen molar-refractivity contribution in [3.8, 4) is 11.5 Å². The zero-order chi connectivity index (χ0) is 20.4. The van der Waals surface area contributed by atoms with E-state index in [9.17, 15) is 20.0 Å². The molecule has 8 heteroatoms. The lowest BCUT2D eigenvalue weighted by molar-refractivity contribution is -0.757. The summed E-state index contributed by atoms with van der Waals surface area (Å²) in [5, 5.41) is 21.6. The van der Waals surface area contributed by atoms with E-state index in [0.717, 1.165) is 16.7 Å². The van der Waals surface area contributed by atoms with E-state index in [1.165, 1.54) is 19.3 Å². The predicted octanol–water partition coefficient (Wildman–Crippen LogP) is 2.87. The third-order valence-electron chi connectivity index (χ3n) is 3.93. The Hall–Kier alpha value is -3.55. The molecule has 0 saturated heterocycles. The summed E-state index contributed by atoms with van der Waals surface area (Å²) >= 11 is 0. The second-order valence-corrected chi connectivity index (χ2v) is 5.96. The SMILES string of the molecule is COc1cc(/C=C/C(=O)NCc2ccc(CCCO[N+](=O)[O-])cc2)ccc1O. The van der Waals surface area contributed by atoms with E-state index in [1.807, 2.05) is 24.3 Å². The first-order valence-electron chi connectivity index (χ1n) is 8.66. The topological polar surface area (TPSA) is 111 Å². The van der Waals surface area contributed by atoms with Crippen LogP contribution in [-0.4, -0.2) is 29.8 Å². The second kappa shape index (κ2) is 10.6. The van der Waals surface area contributed by atoms with Crippen molar-refractivity contribution in [1.29, 1.82) is 0 Å². The van der Waals surface area contributed by atoms with Gasteiger partial charge in [-0.15, -0.1) is 10.1 Å². The zero-order valence-electron chi connectivity index (χ0n) is 15.5. The number of phenolic OH excluding ortho intramolecular Hbond substituents is 1. The van der Waals surface area contributed by atoms with E-state index >= 15 is 0 Å².